The summed E-state index contributed by atoms with van der Waals surface area (Å²) in [6, 6.07) is 0. The minimum atomic E-state index is -2.71. The molecule has 0 aromatic rings. The van der Waals surface area contributed by atoms with Crippen molar-refractivity contribution in [2.45, 2.75) is 39.2 Å². The Kier molecular flexibility index (Phi) is 5.99. The van der Waals surface area contributed by atoms with Crippen LogP contribution in [0.15, 0.2) is 0 Å². The molecule has 2 unspecified atom stereocenters. The molecule has 0 aromatic carbocycles. The molecule has 2 atom stereocenters. The van der Waals surface area contributed by atoms with Gasteiger partial charge in [0.1, 0.15) is 0 Å². The molecule has 0 radical (unpaired) electrons. The lowest BCUT2D eigenvalue weighted by atomic mass is 10.2. The number of unbranched alkanes of at least 4 members (excludes halogenated alkanes) is 1. The molecule has 1 N–H and O–H groups in total. The Hall–Kier alpha value is 0.150. The van der Waals surface area contributed by atoms with Crippen LogP contribution in [0.25, 0.3) is 0 Å². The molecular formula is C6H15O3P. The number of rotatable bonds is 5. The fourth-order valence-corrected chi connectivity index (χ4v) is 1.18. The van der Waals surface area contributed by atoms with E-state index in [1.54, 1.807) is 0 Å². The van der Waals surface area contributed by atoms with Gasteiger partial charge in [-0.3, -0.25) is 4.57 Å². The monoisotopic (exact) mass is 166 g/mol. The summed E-state index contributed by atoms with van der Waals surface area (Å²) in [6.45, 7) is 3.89. The predicted molar refractivity (Wildman–Crippen MR) is 41.3 cm³/mol. The van der Waals surface area contributed by atoms with Crippen molar-refractivity contribution in [3.63, 3.8) is 0 Å². The Morgan fingerprint density at radius 1 is 1.70 bits per heavy atom. The Morgan fingerprint density at radius 3 is 2.70 bits per heavy atom. The summed E-state index contributed by atoms with van der Waals surface area (Å²) in [5, 5.41) is 0. The first-order valence-corrected chi connectivity index (χ1v) is 4.82. The summed E-state index contributed by atoms with van der Waals surface area (Å²) in [6.07, 6.45) is 2.94. The van der Waals surface area contributed by atoms with Gasteiger partial charge in [-0.15, -0.1) is 0 Å². The summed E-state index contributed by atoms with van der Waals surface area (Å²) >= 11 is 0. The lowest BCUT2D eigenvalue weighted by molar-refractivity contribution is 0.193. The Bertz CT molecular complexity index is 105. The molecule has 10 heavy (non-hydrogen) atoms. The van der Waals surface area contributed by atoms with Crippen molar-refractivity contribution in [3.05, 3.63) is 0 Å². The highest BCUT2D eigenvalue weighted by atomic mass is 31.1. The van der Waals surface area contributed by atoms with Crippen LogP contribution in [-0.4, -0.2) is 11.0 Å². The van der Waals surface area contributed by atoms with E-state index in [9.17, 15) is 4.57 Å². The average Bonchev–Trinajstić information content (AvgIpc) is 1.82. The van der Waals surface area contributed by atoms with E-state index in [1.807, 2.05) is 6.92 Å². The topological polar surface area (TPSA) is 46.5 Å². The van der Waals surface area contributed by atoms with Gasteiger partial charge in [0.2, 0.25) is 0 Å². The minimum absolute atomic E-state index is 0.0728. The second-order valence-corrected chi connectivity index (χ2v) is 3.10. The highest BCUT2D eigenvalue weighted by Gasteiger charge is 2.02. The zero-order valence-corrected chi connectivity index (χ0v) is 7.46. The third-order valence-corrected chi connectivity index (χ3v) is 1.87. The molecule has 0 amide bonds. The lowest BCUT2D eigenvalue weighted by Gasteiger charge is -2.08. The SMILES string of the molecule is CCCCC(C)O[PH](=O)O. The van der Waals surface area contributed by atoms with Gasteiger partial charge in [-0.05, 0) is 13.3 Å². The van der Waals surface area contributed by atoms with E-state index in [2.05, 4.69) is 11.4 Å². The largest absolute Gasteiger partial charge is 0.326 e. The molecule has 0 bridgehead atoms. The standard InChI is InChI=1S/C6H15O3P/c1-3-4-5-6(2)9-10(7)8/h6,10H,3-5H2,1-2H3,(H,7,8). The second-order valence-electron chi connectivity index (χ2n) is 2.34. The van der Waals surface area contributed by atoms with Gasteiger partial charge in [0.15, 0.2) is 0 Å². The van der Waals surface area contributed by atoms with E-state index in [0.29, 0.717) is 0 Å². The maximum Gasteiger partial charge on any atom is 0.316 e. The molecule has 0 spiro atoms. The number of hydrogen-bond acceptors (Lipinski definition) is 2. The molecule has 62 valence electrons. The fraction of sp³-hybridized carbons (Fsp3) is 1.00. The maximum absolute atomic E-state index is 10.1. The van der Waals surface area contributed by atoms with E-state index >= 15 is 0 Å². The fourth-order valence-electron chi connectivity index (χ4n) is 0.723. The van der Waals surface area contributed by atoms with Gasteiger partial charge >= 0.3 is 8.25 Å². The first kappa shape index (κ1) is 10.2. The zero-order valence-electron chi connectivity index (χ0n) is 6.46. The Balaban J connectivity index is 3.25. The van der Waals surface area contributed by atoms with Gasteiger partial charge in [-0.2, -0.15) is 0 Å². The Morgan fingerprint density at radius 2 is 2.30 bits per heavy atom. The van der Waals surface area contributed by atoms with E-state index in [4.69, 9.17) is 4.89 Å². The lowest BCUT2D eigenvalue weighted by Crippen LogP contribution is -2.01. The van der Waals surface area contributed by atoms with E-state index in [0.717, 1.165) is 19.3 Å². The summed E-state index contributed by atoms with van der Waals surface area (Å²) in [4.78, 5) is 8.35. The Labute approximate surface area is 62.3 Å². The van der Waals surface area contributed by atoms with Crippen LogP contribution in [0.2, 0.25) is 0 Å². The van der Waals surface area contributed by atoms with Crippen LogP contribution in [0.1, 0.15) is 33.1 Å². The van der Waals surface area contributed by atoms with Crippen molar-refractivity contribution in [2.24, 2.45) is 0 Å². The minimum Gasteiger partial charge on any atom is -0.326 e. The van der Waals surface area contributed by atoms with E-state index in [-0.39, 0.29) is 6.10 Å². The molecule has 0 fully saturated rings. The van der Waals surface area contributed by atoms with Crippen LogP contribution >= 0.6 is 8.25 Å². The smallest absolute Gasteiger partial charge is 0.316 e. The maximum atomic E-state index is 10.1. The number of hydrogen-bond donors (Lipinski definition) is 1. The van der Waals surface area contributed by atoms with Gasteiger partial charge in [-0.25, -0.2) is 0 Å². The molecule has 0 rings (SSSR count). The summed E-state index contributed by atoms with van der Waals surface area (Å²) in [7, 11) is -2.71. The molecule has 0 aromatic heterocycles. The quantitative estimate of drug-likeness (QED) is 0.635. The van der Waals surface area contributed by atoms with Crippen LogP contribution < -0.4 is 0 Å². The van der Waals surface area contributed by atoms with Crippen molar-refractivity contribution in [3.8, 4) is 0 Å². The molecule has 0 aliphatic heterocycles. The van der Waals surface area contributed by atoms with Gasteiger partial charge in [0.25, 0.3) is 0 Å². The van der Waals surface area contributed by atoms with Crippen molar-refractivity contribution in [1.29, 1.82) is 0 Å². The van der Waals surface area contributed by atoms with E-state index in [1.165, 1.54) is 0 Å². The summed E-state index contributed by atoms with van der Waals surface area (Å²) in [5.41, 5.74) is 0. The summed E-state index contributed by atoms with van der Waals surface area (Å²) in [5.74, 6) is 0. The molecule has 0 aliphatic carbocycles. The van der Waals surface area contributed by atoms with Crippen LogP contribution in [0.4, 0.5) is 0 Å². The van der Waals surface area contributed by atoms with Gasteiger partial charge in [0, 0.05) is 0 Å². The van der Waals surface area contributed by atoms with Gasteiger partial charge in [-0.1, -0.05) is 19.8 Å². The highest BCUT2D eigenvalue weighted by molar-refractivity contribution is 7.32. The molecular weight excluding hydrogens is 151 g/mol. The zero-order chi connectivity index (χ0) is 7.98. The summed E-state index contributed by atoms with van der Waals surface area (Å²) < 4.78 is 14.8. The van der Waals surface area contributed by atoms with Gasteiger partial charge < -0.3 is 9.42 Å². The van der Waals surface area contributed by atoms with Gasteiger partial charge in [0.05, 0.1) is 6.10 Å². The second kappa shape index (κ2) is 5.90. The first-order chi connectivity index (χ1) is 4.66. The molecule has 4 heteroatoms. The van der Waals surface area contributed by atoms with Crippen LogP contribution in [0.5, 0.6) is 0 Å². The normalized spacial score (nSPS) is 16.7. The molecule has 0 aliphatic rings. The van der Waals surface area contributed by atoms with E-state index < -0.39 is 8.25 Å². The van der Waals surface area contributed by atoms with Crippen molar-refractivity contribution >= 4 is 8.25 Å². The predicted octanol–water partition coefficient (Wildman–Crippen LogP) is 1.96. The third-order valence-electron chi connectivity index (χ3n) is 1.27. The van der Waals surface area contributed by atoms with Crippen LogP contribution in [0, 0.1) is 0 Å². The van der Waals surface area contributed by atoms with Crippen molar-refractivity contribution < 1.29 is 14.0 Å². The highest BCUT2D eigenvalue weighted by Crippen LogP contribution is 2.20. The third kappa shape index (κ3) is 6.27. The first-order valence-electron chi connectivity index (χ1n) is 3.56. The van der Waals surface area contributed by atoms with Crippen molar-refractivity contribution in [2.75, 3.05) is 0 Å². The van der Waals surface area contributed by atoms with Crippen LogP contribution in [0.3, 0.4) is 0 Å². The van der Waals surface area contributed by atoms with Crippen LogP contribution in [-0.2, 0) is 9.09 Å². The molecule has 0 saturated heterocycles. The molecule has 0 saturated carbocycles. The average molecular weight is 166 g/mol. The van der Waals surface area contributed by atoms with Crippen molar-refractivity contribution in [1.82, 2.24) is 0 Å². The molecule has 3 nitrogen and oxygen atoms in total. The molecule has 0 heterocycles.